The third kappa shape index (κ3) is 2.93. The van der Waals surface area contributed by atoms with E-state index >= 15 is 0 Å². The molecule has 0 saturated heterocycles. The average Bonchev–Trinajstić information content (AvgIpc) is 3.30. The highest BCUT2D eigenvalue weighted by atomic mass is 79.9. The van der Waals surface area contributed by atoms with Crippen LogP contribution in [0.25, 0.3) is 0 Å². The summed E-state index contributed by atoms with van der Waals surface area (Å²) in [4.78, 5) is 12.5. The van der Waals surface area contributed by atoms with Crippen LogP contribution in [-0.4, -0.2) is 16.8 Å². The van der Waals surface area contributed by atoms with Crippen molar-refractivity contribution in [3.05, 3.63) is 35.9 Å². The first-order valence-electron chi connectivity index (χ1n) is 7.67. The molecule has 1 N–H and O–H groups in total. The highest BCUT2D eigenvalue weighted by molar-refractivity contribution is 9.09. The molecule has 2 aliphatic rings. The van der Waals surface area contributed by atoms with Gasteiger partial charge in [-0.25, -0.2) is 0 Å². The van der Waals surface area contributed by atoms with Crippen LogP contribution >= 0.6 is 15.9 Å². The predicted molar refractivity (Wildman–Crippen MR) is 85.0 cm³/mol. The van der Waals surface area contributed by atoms with E-state index in [4.69, 9.17) is 0 Å². The number of hydrogen-bond acceptors (Lipinski definition) is 1. The molecular weight excluding hydrogens is 314 g/mol. The second-order valence-electron chi connectivity index (χ2n) is 6.32. The van der Waals surface area contributed by atoms with Crippen molar-refractivity contribution in [1.82, 2.24) is 5.32 Å². The van der Waals surface area contributed by atoms with Crippen LogP contribution in [0, 0.1) is 5.92 Å². The molecule has 2 atom stereocenters. The number of benzene rings is 1. The molecule has 2 nitrogen and oxygen atoms in total. The molecule has 0 aliphatic heterocycles. The van der Waals surface area contributed by atoms with Gasteiger partial charge in [0, 0.05) is 16.8 Å². The summed E-state index contributed by atoms with van der Waals surface area (Å²) >= 11 is 3.61. The van der Waals surface area contributed by atoms with Gasteiger partial charge in [0.05, 0.1) is 0 Å². The van der Waals surface area contributed by atoms with Crippen LogP contribution in [0.4, 0.5) is 0 Å². The second kappa shape index (κ2) is 5.88. The monoisotopic (exact) mass is 335 g/mol. The van der Waals surface area contributed by atoms with Gasteiger partial charge in [-0.2, -0.15) is 0 Å². The van der Waals surface area contributed by atoms with E-state index in [9.17, 15) is 4.79 Å². The Bertz CT molecular complexity index is 467. The van der Waals surface area contributed by atoms with Crippen molar-refractivity contribution < 1.29 is 4.79 Å². The minimum absolute atomic E-state index is 0.0131. The third-order valence-electron chi connectivity index (χ3n) is 4.81. The van der Waals surface area contributed by atoms with Crippen molar-refractivity contribution in [1.29, 1.82) is 0 Å². The Hall–Kier alpha value is -0.830. The van der Waals surface area contributed by atoms with E-state index in [1.165, 1.54) is 24.8 Å². The molecule has 1 aromatic carbocycles. The maximum atomic E-state index is 12.5. The number of nitrogens with one attached hydrogen (secondary N) is 1. The van der Waals surface area contributed by atoms with Crippen molar-refractivity contribution in [2.45, 2.75) is 50.0 Å². The molecule has 1 aromatic rings. The number of halogens is 1. The molecule has 2 aliphatic carbocycles. The van der Waals surface area contributed by atoms with Gasteiger partial charge in [0.15, 0.2) is 0 Å². The van der Waals surface area contributed by atoms with E-state index in [2.05, 4.69) is 45.5 Å². The van der Waals surface area contributed by atoms with Crippen LogP contribution in [0.5, 0.6) is 0 Å². The van der Waals surface area contributed by atoms with E-state index in [-0.39, 0.29) is 17.4 Å². The van der Waals surface area contributed by atoms with Crippen molar-refractivity contribution >= 4 is 21.8 Å². The van der Waals surface area contributed by atoms with Crippen LogP contribution in [-0.2, 0) is 4.79 Å². The Labute approximate surface area is 129 Å². The molecular formula is C17H22BrNO. The standard InChI is InChI=1S/C17H22BrNO/c18-12-17(9-5-2-6-10-17)19-16(20)15-11-14(15)13-7-3-1-4-8-13/h1,3-4,7-8,14-15H,2,5-6,9-12H2,(H,19,20). The number of amides is 1. The Morgan fingerprint density at radius 3 is 2.55 bits per heavy atom. The maximum Gasteiger partial charge on any atom is 0.224 e. The van der Waals surface area contributed by atoms with Gasteiger partial charge in [-0.15, -0.1) is 0 Å². The van der Waals surface area contributed by atoms with Gasteiger partial charge in [-0.3, -0.25) is 4.79 Å². The molecule has 2 fully saturated rings. The Balaban J connectivity index is 1.60. The van der Waals surface area contributed by atoms with E-state index in [1.807, 2.05) is 6.07 Å². The van der Waals surface area contributed by atoms with Crippen molar-refractivity contribution in [2.75, 3.05) is 5.33 Å². The number of carbonyl (C=O) groups is 1. The topological polar surface area (TPSA) is 29.1 Å². The van der Waals surface area contributed by atoms with Gasteiger partial charge in [0.2, 0.25) is 5.91 Å². The lowest BCUT2D eigenvalue weighted by Gasteiger charge is -2.36. The molecule has 3 heteroatoms. The number of carbonyl (C=O) groups excluding carboxylic acids is 1. The summed E-state index contributed by atoms with van der Waals surface area (Å²) in [6.45, 7) is 0. The zero-order chi connectivity index (χ0) is 14.0. The summed E-state index contributed by atoms with van der Waals surface area (Å²) in [5.74, 6) is 0.891. The van der Waals surface area contributed by atoms with Crippen LogP contribution in [0.15, 0.2) is 30.3 Å². The van der Waals surface area contributed by atoms with E-state index in [1.54, 1.807) is 0 Å². The van der Waals surface area contributed by atoms with Gasteiger partial charge in [-0.05, 0) is 30.7 Å². The molecule has 2 unspecified atom stereocenters. The van der Waals surface area contributed by atoms with Crippen molar-refractivity contribution in [3.8, 4) is 0 Å². The first kappa shape index (κ1) is 14.1. The Morgan fingerprint density at radius 1 is 1.20 bits per heavy atom. The quantitative estimate of drug-likeness (QED) is 0.827. The first-order valence-corrected chi connectivity index (χ1v) is 8.79. The lowest BCUT2D eigenvalue weighted by molar-refractivity contribution is -0.124. The first-order chi connectivity index (χ1) is 9.74. The fourth-order valence-electron chi connectivity index (χ4n) is 3.43. The normalized spacial score (nSPS) is 27.9. The molecule has 20 heavy (non-hydrogen) atoms. The minimum Gasteiger partial charge on any atom is -0.350 e. The van der Waals surface area contributed by atoms with Gasteiger partial charge in [0.1, 0.15) is 0 Å². The smallest absolute Gasteiger partial charge is 0.224 e. The third-order valence-corrected chi connectivity index (χ3v) is 5.88. The number of hydrogen-bond donors (Lipinski definition) is 1. The lowest BCUT2D eigenvalue weighted by Crippen LogP contribution is -2.51. The molecule has 3 rings (SSSR count). The van der Waals surface area contributed by atoms with Gasteiger partial charge >= 0.3 is 0 Å². The maximum absolute atomic E-state index is 12.5. The number of alkyl halides is 1. The van der Waals surface area contributed by atoms with Gasteiger partial charge in [0.25, 0.3) is 0 Å². The molecule has 0 aromatic heterocycles. The highest BCUT2D eigenvalue weighted by Crippen LogP contribution is 2.48. The molecule has 108 valence electrons. The second-order valence-corrected chi connectivity index (χ2v) is 6.88. The largest absolute Gasteiger partial charge is 0.350 e. The highest BCUT2D eigenvalue weighted by Gasteiger charge is 2.46. The van der Waals surface area contributed by atoms with Crippen LogP contribution in [0.1, 0.15) is 50.0 Å². The summed E-state index contributed by atoms with van der Waals surface area (Å²) in [7, 11) is 0. The molecule has 1 amide bonds. The summed E-state index contributed by atoms with van der Waals surface area (Å²) in [6.07, 6.45) is 7.02. The summed E-state index contributed by atoms with van der Waals surface area (Å²) in [5, 5.41) is 4.24. The molecule has 0 spiro atoms. The van der Waals surface area contributed by atoms with Crippen molar-refractivity contribution in [3.63, 3.8) is 0 Å². The summed E-state index contributed by atoms with van der Waals surface area (Å²) in [6, 6.07) is 10.4. The minimum atomic E-state index is 0.0131. The SMILES string of the molecule is O=C(NC1(CBr)CCCCC1)C1CC1c1ccccc1. The zero-order valence-electron chi connectivity index (χ0n) is 11.8. The Morgan fingerprint density at radius 2 is 1.90 bits per heavy atom. The molecule has 0 bridgehead atoms. The van der Waals surface area contributed by atoms with E-state index < -0.39 is 0 Å². The summed E-state index contributed by atoms with van der Waals surface area (Å²) < 4.78 is 0. The zero-order valence-corrected chi connectivity index (χ0v) is 13.4. The van der Waals surface area contributed by atoms with Gasteiger partial charge in [-0.1, -0.05) is 65.5 Å². The fraction of sp³-hybridized carbons (Fsp3) is 0.588. The molecule has 0 heterocycles. The average molecular weight is 336 g/mol. The number of rotatable bonds is 4. The van der Waals surface area contributed by atoms with Crippen LogP contribution < -0.4 is 5.32 Å². The molecule has 2 saturated carbocycles. The van der Waals surface area contributed by atoms with Gasteiger partial charge < -0.3 is 5.32 Å². The van der Waals surface area contributed by atoms with Crippen molar-refractivity contribution in [2.24, 2.45) is 5.92 Å². The van der Waals surface area contributed by atoms with Crippen LogP contribution in [0.3, 0.4) is 0 Å². The predicted octanol–water partition coefficient (Wildman–Crippen LogP) is 4.00. The molecule has 0 radical (unpaired) electrons. The summed E-state index contributed by atoms with van der Waals surface area (Å²) in [5.41, 5.74) is 1.32. The van der Waals surface area contributed by atoms with E-state index in [0.717, 1.165) is 24.6 Å². The van der Waals surface area contributed by atoms with Crippen LogP contribution in [0.2, 0.25) is 0 Å². The fourth-order valence-corrected chi connectivity index (χ4v) is 4.13. The lowest BCUT2D eigenvalue weighted by atomic mass is 9.83. The Kier molecular flexibility index (Phi) is 4.16. The van der Waals surface area contributed by atoms with E-state index in [0.29, 0.717) is 5.92 Å².